The van der Waals surface area contributed by atoms with E-state index in [1.165, 1.54) is 12.1 Å². The van der Waals surface area contributed by atoms with Crippen LogP contribution >= 0.6 is 0 Å². The number of imidazole rings is 1. The Kier molecular flexibility index (Phi) is 5.22. The molecule has 184 valence electrons. The first-order valence-electron chi connectivity index (χ1n) is 11.5. The van der Waals surface area contributed by atoms with Crippen LogP contribution in [0.25, 0.3) is 16.8 Å². The number of amides is 1. The van der Waals surface area contributed by atoms with E-state index in [-0.39, 0.29) is 23.6 Å². The van der Waals surface area contributed by atoms with Gasteiger partial charge >= 0.3 is 6.61 Å². The van der Waals surface area contributed by atoms with Crippen molar-refractivity contribution < 1.29 is 22.7 Å². The van der Waals surface area contributed by atoms with Crippen LogP contribution in [0.1, 0.15) is 51.4 Å². The second-order valence-electron chi connectivity index (χ2n) is 9.03. The Labute approximate surface area is 204 Å². The Morgan fingerprint density at radius 3 is 2.81 bits per heavy atom. The van der Waals surface area contributed by atoms with Crippen LogP contribution in [0, 0.1) is 5.82 Å². The molecule has 0 fully saturated rings. The molecule has 2 atom stereocenters. The molecule has 0 saturated carbocycles. The molecule has 0 saturated heterocycles. The minimum absolute atomic E-state index is 0.0137. The van der Waals surface area contributed by atoms with Gasteiger partial charge in [-0.3, -0.25) is 9.78 Å². The van der Waals surface area contributed by atoms with Crippen molar-refractivity contribution in [2.75, 3.05) is 14.1 Å². The number of hydrogen-bond donors (Lipinski definition) is 1. The van der Waals surface area contributed by atoms with Gasteiger partial charge in [0.1, 0.15) is 17.2 Å². The molecule has 6 rings (SSSR count). The van der Waals surface area contributed by atoms with Crippen LogP contribution in [0.4, 0.5) is 13.2 Å². The molecule has 1 amide bonds. The van der Waals surface area contributed by atoms with Crippen LogP contribution in [-0.2, 0) is 6.54 Å². The number of carbonyl (C=O) groups is 1. The van der Waals surface area contributed by atoms with E-state index in [2.05, 4.69) is 10.3 Å². The smallest absolute Gasteiger partial charge is 0.387 e. The summed E-state index contributed by atoms with van der Waals surface area (Å²) in [6.45, 7) is -2.70. The van der Waals surface area contributed by atoms with E-state index in [1.54, 1.807) is 37.3 Å². The number of aromatic nitrogens is 3. The normalized spacial score (nSPS) is 18.5. The largest absolute Gasteiger partial charge is 0.434 e. The highest BCUT2D eigenvalue weighted by molar-refractivity contribution is 5.98. The fourth-order valence-corrected chi connectivity index (χ4v) is 5.43. The SMILES string of the molecule is CNCc1ncc(-c2ccc3nc4c(n3c2)C2CC4N(C)C(=O)c3cccc(OC(F)F)c32)cc1F. The second-order valence-corrected chi connectivity index (χ2v) is 9.03. The Morgan fingerprint density at radius 1 is 1.22 bits per heavy atom. The highest BCUT2D eigenvalue weighted by Crippen LogP contribution is 2.52. The number of benzene rings is 1. The third-order valence-electron chi connectivity index (χ3n) is 7.03. The molecule has 2 unspecified atom stereocenters. The average Bonchev–Trinajstić information content (AvgIpc) is 3.38. The monoisotopic (exact) mass is 493 g/mol. The molecule has 3 aromatic heterocycles. The van der Waals surface area contributed by atoms with Crippen LogP contribution in [0.5, 0.6) is 5.75 Å². The first-order chi connectivity index (χ1) is 17.4. The lowest BCUT2D eigenvalue weighted by Crippen LogP contribution is -2.30. The minimum atomic E-state index is -3.02. The topological polar surface area (TPSA) is 71.8 Å². The number of fused-ring (bicyclic) bond motifs is 9. The third-order valence-corrected chi connectivity index (χ3v) is 7.03. The van der Waals surface area contributed by atoms with Crippen LogP contribution < -0.4 is 10.1 Å². The highest BCUT2D eigenvalue weighted by atomic mass is 19.3. The van der Waals surface area contributed by atoms with Gasteiger partial charge in [-0.15, -0.1) is 0 Å². The van der Waals surface area contributed by atoms with Crippen molar-refractivity contribution in [3.63, 3.8) is 0 Å². The zero-order valence-corrected chi connectivity index (χ0v) is 19.5. The predicted molar refractivity (Wildman–Crippen MR) is 126 cm³/mol. The van der Waals surface area contributed by atoms with Crippen LogP contribution in [0.2, 0.25) is 0 Å². The van der Waals surface area contributed by atoms with E-state index in [0.29, 0.717) is 41.0 Å². The van der Waals surface area contributed by atoms with Crippen LogP contribution in [0.15, 0.2) is 48.8 Å². The Hall–Kier alpha value is -3.92. The summed E-state index contributed by atoms with van der Waals surface area (Å²) in [5, 5.41) is 2.89. The Balaban J connectivity index is 1.53. The number of halogens is 3. The van der Waals surface area contributed by atoms with Crippen molar-refractivity contribution in [1.82, 2.24) is 24.6 Å². The maximum Gasteiger partial charge on any atom is 0.387 e. The molecule has 4 aromatic rings. The van der Waals surface area contributed by atoms with Gasteiger partial charge in [0.25, 0.3) is 5.91 Å². The molecule has 1 aromatic carbocycles. The van der Waals surface area contributed by atoms with Crippen LogP contribution in [-0.4, -0.2) is 45.9 Å². The second kappa shape index (κ2) is 8.34. The number of pyridine rings is 2. The lowest BCUT2D eigenvalue weighted by atomic mass is 9.91. The van der Waals surface area contributed by atoms with E-state index < -0.39 is 12.4 Å². The van der Waals surface area contributed by atoms with Crippen molar-refractivity contribution in [1.29, 1.82) is 0 Å². The van der Waals surface area contributed by atoms with E-state index in [4.69, 9.17) is 9.72 Å². The molecule has 2 aliphatic rings. The summed E-state index contributed by atoms with van der Waals surface area (Å²) in [4.78, 5) is 23.9. The minimum Gasteiger partial charge on any atom is -0.434 e. The van der Waals surface area contributed by atoms with Crippen molar-refractivity contribution >= 4 is 11.6 Å². The summed E-state index contributed by atoms with van der Waals surface area (Å²) in [7, 11) is 3.42. The molecule has 0 radical (unpaired) electrons. The molecule has 1 N–H and O–H groups in total. The first kappa shape index (κ1) is 22.5. The third kappa shape index (κ3) is 3.35. The summed E-state index contributed by atoms with van der Waals surface area (Å²) in [6, 6.07) is 9.45. The van der Waals surface area contributed by atoms with Gasteiger partial charge in [0.2, 0.25) is 0 Å². The number of hydrogen-bond acceptors (Lipinski definition) is 5. The number of ether oxygens (including phenoxy) is 1. The molecular weight excluding hydrogens is 471 g/mol. The van der Waals surface area contributed by atoms with Gasteiger partial charge in [-0.2, -0.15) is 8.78 Å². The van der Waals surface area contributed by atoms with Crippen molar-refractivity contribution in [3.05, 3.63) is 82.8 Å². The molecular formula is C26H22F3N5O2. The van der Waals surface area contributed by atoms with E-state index in [0.717, 1.165) is 17.0 Å². The maximum atomic E-state index is 14.6. The first-order valence-corrected chi connectivity index (χ1v) is 11.5. The van der Waals surface area contributed by atoms with Gasteiger partial charge in [-0.1, -0.05) is 6.07 Å². The summed E-state index contributed by atoms with van der Waals surface area (Å²) in [5.74, 6) is -1.07. The number of alkyl halides is 2. The fourth-order valence-electron chi connectivity index (χ4n) is 5.43. The summed E-state index contributed by atoms with van der Waals surface area (Å²) in [5.41, 5.74) is 4.61. The fraction of sp³-hybridized carbons (Fsp3) is 0.269. The number of carbonyl (C=O) groups excluding carboxylic acids is 1. The van der Waals surface area contributed by atoms with Crippen molar-refractivity contribution in [3.8, 4) is 16.9 Å². The molecule has 10 heteroatoms. The zero-order valence-electron chi connectivity index (χ0n) is 19.5. The van der Waals surface area contributed by atoms with Gasteiger partial charge in [0, 0.05) is 54.2 Å². The van der Waals surface area contributed by atoms with Crippen molar-refractivity contribution in [2.24, 2.45) is 0 Å². The van der Waals surface area contributed by atoms with Crippen molar-refractivity contribution in [2.45, 2.75) is 31.5 Å². The number of nitrogens with zero attached hydrogens (tertiary/aromatic N) is 4. The van der Waals surface area contributed by atoms with E-state index in [1.807, 2.05) is 22.7 Å². The Bertz CT molecular complexity index is 1520. The number of rotatable bonds is 5. The lowest BCUT2D eigenvalue weighted by Gasteiger charge is -2.24. The molecule has 7 nitrogen and oxygen atoms in total. The molecule has 4 heterocycles. The number of nitrogens with one attached hydrogen (secondary N) is 1. The van der Waals surface area contributed by atoms with Gasteiger partial charge in [0.15, 0.2) is 0 Å². The van der Waals surface area contributed by atoms with Gasteiger partial charge < -0.3 is 19.4 Å². The highest BCUT2D eigenvalue weighted by Gasteiger charge is 2.46. The predicted octanol–water partition coefficient (Wildman–Crippen LogP) is 4.52. The standard InChI is InChI=1S/C26H22F3N5O2/c1-30-11-18-17(27)8-14(10-31-18)13-6-7-21-32-23-19-9-16(24(23)34(21)12-13)22-15(25(35)33(19)2)4-3-5-20(22)36-26(28)29/h3-8,10,12,16,19,26,30H,9,11H2,1-2H3. The quantitative estimate of drug-likeness (QED) is 0.443. The Morgan fingerprint density at radius 2 is 2.06 bits per heavy atom. The summed E-state index contributed by atoms with van der Waals surface area (Å²) in [6.07, 6.45) is 3.97. The summed E-state index contributed by atoms with van der Waals surface area (Å²) < 4.78 is 47.9. The molecule has 0 spiro atoms. The molecule has 2 bridgehead atoms. The van der Waals surface area contributed by atoms with Gasteiger partial charge in [-0.25, -0.2) is 9.37 Å². The zero-order chi connectivity index (χ0) is 25.1. The van der Waals surface area contributed by atoms with E-state index >= 15 is 0 Å². The average molecular weight is 493 g/mol. The van der Waals surface area contributed by atoms with E-state index in [9.17, 15) is 18.0 Å². The van der Waals surface area contributed by atoms with Gasteiger partial charge in [-0.05, 0) is 43.8 Å². The molecule has 36 heavy (non-hydrogen) atoms. The van der Waals surface area contributed by atoms with Gasteiger partial charge in [0.05, 0.1) is 23.1 Å². The molecule has 1 aliphatic carbocycles. The lowest BCUT2D eigenvalue weighted by molar-refractivity contribution is -0.0506. The maximum absolute atomic E-state index is 14.6. The van der Waals surface area contributed by atoms with Crippen LogP contribution in [0.3, 0.4) is 0 Å². The molecule has 1 aliphatic heterocycles. The summed E-state index contributed by atoms with van der Waals surface area (Å²) >= 11 is 0.